The van der Waals surface area contributed by atoms with Crippen molar-refractivity contribution in [2.24, 2.45) is 7.05 Å². The number of hydrogen-bond acceptors (Lipinski definition) is 3. The van der Waals surface area contributed by atoms with E-state index in [0.717, 1.165) is 27.9 Å². The lowest BCUT2D eigenvalue weighted by Gasteiger charge is -2.02. The normalized spacial score (nSPS) is 10.8. The van der Waals surface area contributed by atoms with Crippen LogP contribution >= 0.6 is 0 Å². The Hall–Kier alpha value is -2.49. The van der Waals surface area contributed by atoms with Gasteiger partial charge in [-0.15, -0.1) is 0 Å². The average Bonchev–Trinajstić information content (AvgIpc) is 2.75. The summed E-state index contributed by atoms with van der Waals surface area (Å²) in [6.07, 6.45) is 0. The Kier molecular flexibility index (Phi) is 2.63. The predicted molar refractivity (Wildman–Crippen MR) is 74.4 cm³/mol. The number of rotatable bonds is 2. The minimum absolute atomic E-state index is 0.240. The summed E-state index contributed by atoms with van der Waals surface area (Å²) in [4.78, 5) is 0. The lowest BCUT2D eigenvalue weighted by atomic mass is 10.1. The molecule has 0 spiro atoms. The SMILES string of the molecule is COc1cccc(-c2nn(C)c3ccc(O)cc23)c1. The van der Waals surface area contributed by atoms with Gasteiger partial charge < -0.3 is 9.84 Å². The molecule has 1 aromatic heterocycles. The number of phenols is 1. The van der Waals surface area contributed by atoms with E-state index in [1.807, 2.05) is 42.1 Å². The van der Waals surface area contributed by atoms with Gasteiger partial charge in [0.2, 0.25) is 0 Å². The summed E-state index contributed by atoms with van der Waals surface area (Å²) in [5.74, 6) is 1.03. The molecule has 0 bridgehead atoms. The Bertz CT molecular complexity index is 747. The maximum absolute atomic E-state index is 9.65. The smallest absolute Gasteiger partial charge is 0.119 e. The molecule has 1 heterocycles. The first-order valence-corrected chi connectivity index (χ1v) is 5.99. The van der Waals surface area contributed by atoms with Crippen LogP contribution in [0.25, 0.3) is 22.2 Å². The van der Waals surface area contributed by atoms with Crippen molar-refractivity contribution in [3.63, 3.8) is 0 Å². The van der Waals surface area contributed by atoms with Crippen LogP contribution in [-0.4, -0.2) is 22.0 Å². The van der Waals surface area contributed by atoms with Gasteiger partial charge in [-0.1, -0.05) is 12.1 Å². The Labute approximate surface area is 110 Å². The zero-order chi connectivity index (χ0) is 13.4. The van der Waals surface area contributed by atoms with Crippen LogP contribution in [0.2, 0.25) is 0 Å². The molecule has 0 aliphatic carbocycles. The molecule has 0 unspecified atom stereocenters. The van der Waals surface area contributed by atoms with E-state index in [9.17, 15) is 5.11 Å². The maximum atomic E-state index is 9.65. The number of nitrogens with zero attached hydrogens (tertiary/aromatic N) is 2. The molecule has 3 aromatic rings. The van der Waals surface area contributed by atoms with Gasteiger partial charge in [0.05, 0.1) is 12.6 Å². The number of benzene rings is 2. The summed E-state index contributed by atoms with van der Waals surface area (Å²) in [6.45, 7) is 0. The van der Waals surface area contributed by atoms with Gasteiger partial charge in [-0.25, -0.2) is 0 Å². The molecule has 3 rings (SSSR count). The first kappa shape index (κ1) is 11.6. The van der Waals surface area contributed by atoms with Crippen LogP contribution in [0.5, 0.6) is 11.5 Å². The monoisotopic (exact) mass is 254 g/mol. The lowest BCUT2D eigenvalue weighted by molar-refractivity contribution is 0.415. The highest BCUT2D eigenvalue weighted by Gasteiger charge is 2.11. The highest BCUT2D eigenvalue weighted by atomic mass is 16.5. The Morgan fingerprint density at radius 2 is 2.00 bits per heavy atom. The number of aromatic nitrogens is 2. The third-order valence-electron chi connectivity index (χ3n) is 3.18. The van der Waals surface area contributed by atoms with E-state index in [-0.39, 0.29) is 5.75 Å². The van der Waals surface area contributed by atoms with Crippen molar-refractivity contribution < 1.29 is 9.84 Å². The molecular weight excluding hydrogens is 240 g/mol. The van der Waals surface area contributed by atoms with Crippen LogP contribution in [0.4, 0.5) is 0 Å². The van der Waals surface area contributed by atoms with Crippen LogP contribution in [0, 0.1) is 0 Å². The Balaban J connectivity index is 2.26. The summed E-state index contributed by atoms with van der Waals surface area (Å²) in [5, 5.41) is 15.1. The van der Waals surface area contributed by atoms with Crippen molar-refractivity contribution in [2.45, 2.75) is 0 Å². The van der Waals surface area contributed by atoms with E-state index in [4.69, 9.17) is 4.74 Å². The van der Waals surface area contributed by atoms with Gasteiger partial charge in [-0.05, 0) is 30.3 Å². The number of aryl methyl sites for hydroxylation is 1. The fourth-order valence-electron chi connectivity index (χ4n) is 2.24. The van der Waals surface area contributed by atoms with Gasteiger partial charge in [-0.2, -0.15) is 5.10 Å². The van der Waals surface area contributed by atoms with Crippen molar-refractivity contribution in [1.82, 2.24) is 9.78 Å². The maximum Gasteiger partial charge on any atom is 0.119 e. The number of phenolic OH excluding ortho intramolecular Hbond substituents is 1. The summed E-state index contributed by atoms with van der Waals surface area (Å²) in [5.41, 5.74) is 2.79. The zero-order valence-corrected chi connectivity index (χ0v) is 10.8. The molecule has 19 heavy (non-hydrogen) atoms. The van der Waals surface area contributed by atoms with Gasteiger partial charge in [-0.3, -0.25) is 4.68 Å². The number of fused-ring (bicyclic) bond motifs is 1. The van der Waals surface area contributed by atoms with Crippen LogP contribution < -0.4 is 4.74 Å². The standard InChI is InChI=1S/C15H14N2O2/c1-17-14-7-6-11(18)9-13(14)15(16-17)10-4-3-5-12(8-10)19-2/h3-9,18H,1-2H3. The summed E-state index contributed by atoms with van der Waals surface area (Å²) < 4.78 is 7.04. The van der Waals surface area contributed by atoms with Crippen LogP contribution in [-0.2, 0) is 7.05 Å². The van der Waals surface area contributed by atoms with Crippen LogP contribution in [0.1, 0.15) is 0 Å². The second-order valence-corrected chi connectivity index (χ2v) is 4.41. The first-order valence-electron chi connectivity index (χ1n) is 5.99. The number of methoxy groups -OCH3 is 1. The Morgan fingerprint density at radius 3 is 2.79 bits per heavy atom. The second-order valence-electron chi connectivity index (χ2n) is 4.41. The minimum atomic E-state index is 0.240. The third kappa shape index (κ3) is 1.91. The van der Waals surface area contributed by atoms with Crippen molar-refractivity contribution in [2.75, 3.05) is 7.11 Å². The molecule has 4 heteroatoms. The van der Waals surface area contributed by atoms with Crippen molar-refractivity contribution in [1.29, 1.82) is 0 Å². The average molecular weight is 254 g/mol. The lowest BCUT2D eigenvalue weighted by Crippen LogP contribution is -1.89. The van der Waals surface area contributed by atoms with E-state index in [1.165, 1.54) is 0 Å². The molecule has 0 fully saturated rings. The molecule has 1 N–H and O–H groups in total. The molecule has 2 aromatic carbocycles. The molecule has 0 amide bonds. The molecule has 0 atom stereocenters. The number of ether oxygens (including phenoxy) is 1. The first-order chi connectivity index (χ1) is 9.19. The minimum Gasteiger partial charge on any atom is -0.508 e. The molecule has 0 saturated heterocycles. The van der Waals surface area contributed by atoms with E-state index in [1.54, 1.807) is 19.2 Å². The molecule has 0 radical (unpaired) electrons. The molecule has 96 valence electrons. The quantitative estimate of drug-likeness (QED) is 0.764. The van der Waals surface area contributed by atoms with Gasteiger partial charge in [0, 0.05) is 18.0 Å². The van der Waals surface area contributed by atoms with Crippen LogP contribution in [0.3, 0.4) is 0 Å². The highest BCUT2D eigenvalue weighted by molar-refractivity contribution is 5.94. The molecule has 4 nitrogen and oxygen atoms in total. The van der Waals surface area contributed by atoms with Crippen molar-refractivity contribution in [3.05, 3.63) is 42.5 Å². The topological polar surface area (TPSA) is 47.3 Å². The molecular formula is C15H14N2O2. The fourth-order valence-corrected chi connectivity index (χ4v) is 2.24. The number of aromatic hydroxyl groups is 1. The summed E-state index contributed by atoms with van der Waals surface area (Å²) in [7, 11) is 3.53. The summed E-state index contributed by atoms with van der Waals surface area (Å²) >= 11 is 0. The molecule has 0 aliphatic rings. The van der Waals surface area contributed by atoms with Crippen molar-refractivity contribution >= 4 is 10.9 Å². The van der Waals surface area contributed by atoms with Gasteiger partial charge in [0.25, 0.3) is 0 Å². The zero-order valence-electron chi connectivity index (χ0n) is 10.8. The molecule has 0 aliphatic heterocycles. The van der Waals surface area contributed by atoms with E-state index in [2.05, 4.69) is 5.10 Å². The Morgan fingerprint density at radius 1 is 1.16 bits per heavy atom. The van der Waals surface area contributed by atoms with E-state index >= 15 is 0 Å². The summed E-state index contributed by atoms with van der Waals surface area (Å²) in [6, 6.07) is 13.0. The van der Waals surface area contributed by atoms with Gasteiger partial charge in [0.1, 0.15) is 17.2 Å². The van der Waals surface area contributed by atoms with E-state index < -0.39 is 0 Å². The predicted octanol–water partition coefficient (Wildman–Crippen LogP) is 2.95. The number of hydrogen-bond donors (Lipinski definition) is 1. The van der Waals surface area contributed by atoms with E-state index in [0.29, 0.717) is 0 Å². The van der Waals surface area contributed by atoms with Gasteiger partial charge >= 0.3 is 0 Å². The fraction of sp³-hybridized carbons (Fsp3) is 0.133. The molecule has 0 saturated carbocycles. The third-order valence-corrected chi connectivity index (χ3v) is 3.18. The van der Waals surface area contributed by atoms with Crippen LogP contribution in [0.15, 0.2) is 42.5 Å². The highest BCUT2D eigenvalue weighted by Crippen LogP contribution is 2.31. The van der Waals surface area contributed by atoms with Gasteiger partial charge in [0.15, 0.2) is 0 Å². The second kappa shape index (κ2) is 4.31. The largest absolute Gasteiger partial charge is 0.508 e. The van der Waals surface area contributed by atoms with Crippen molar-refractivity contribution in [3.8, 4) is 22.8 Å².